The highest BCUT2D eigenvalue weighted by Gasteiger charge is 2.24. The molecule has 32 heavy (non-hydrogen) atoms. The van der Waals surface area contributed by atoms with Crippen molar-refractivity contribution in [1.82, 2.24) is 5.43 Å². The number of Topliss-reactive ketones (excluding diaryl/α,β-unsaturated/α-hetero) is 1. The Morgan fingerprint density at radius 1 is 0.781 bits per heavy atom. The second-order valence-electron chi connectivity index (χ2n) is 7.21. The third kappa shape index (κ3) is 3.98. The SMILES string of the molecule is COC(=O)/C(=C/C(=O)c1ccc(C(C)=O)cc1)NN=C1c2ccccc2-c2ccccc21. The zero-order valence-corrected chi connectivity index (χ0v) is 17.6. The minimum atomic E-state index is -0.720. The molecule has 0 aromatic heterocycles. The monoisotopic (exact) mass is 424 g/mol. The van der Waals surface area contributed by atoms with Gasteiger partial charge in [0.25, 0.3) is 0 Å². The van der Waals surface area contributed by atoms with E-state index in [-0.39, 0.29) is 11.5 Å². The molecular weight excluding hydrogens is 404 g/mol. The smallest absolute Gasteiger partial charge is 0.356 e. The number of ether oxygens (including phenoxy) is 1. The molecule has 0 spiro atoms. The highest BCUT2D eigenvalue weighted by atomic mass is 16.5. The lowest BCUT2D eigenvalue weighted by atomic mass is 10.1. The van der Waals surface area contributed by atoms with Crippen LogP contribution in [0.3, 0.4) is 0 Å². The average Bonchev–Trinajstić information content (AvgIpc) is 3.15. The van der Waals surface area contributed by atoms with E-state index in [1.165, 1.54) is 14.0 Å². The van der Waals surface area contributed by atoms with Crippen LogP contribution in [0.1, 0.15) is 38.8 Å². The van der Waals surface area contributed by atoms with Crippen LogP contribution in [-0.2, 0) is 9.53 Å². The van der Waals surface area contributed by atoms with Crippen LogP contribution < -0.4 is 5.43 Å². The van der Waals surface area contributed by atoms with Gasteiger partial charge in [0.2, 0.25) is 0 Å². The fourth-order valence-corrected chi connectivity index (χ4v) is 3.56. The maximum absolute atomic E-state index is 12.7. The number of nitrogens with zero attached hydrogens (tertiary/aromatic N) is 1. The van der Waals surface area contributed by atoms with Crippen LogP contribution in [0.25, 0.3) is 11.1 Å². The fraction of sp³-hybridized carbons (Fsp3) is 0.0769. The molecule has 1 aliphatic carbocycles. The number of carbonyl (C=O) groups is 3. The van der Waals surface area contributed by atoms with E-state index < -0.39 is 11.8 Å². The normalized spacial score (nSPS) is 11.9. The molecule has 0 amide bonds. The summed E-state index contributed by atoms with van der Waals surface area (Å²) >= 11 is 0. The summed E-state index contributed by atoms with van der Waals surface area (Å²) in [6.07, 6.45) is 1.14. The van der Waals surface area contributed by atoms with Gasteiger partial charge in [0.1, 0.15) is 5.70 Å². The quantitative estimate of drug-likeness (QED) is 0.218. The molecule has 0 saturated carbocycles. The van der Waals surface area contributed by atoms with E-state index >= 15 is 0 Å². The number of hydrogen-bond donors (Lipinski definition) is 1. The van der Waals surface area contributed by atoms with Gasteiger partial charge in [0.05, 0.1) is 12.8 Å². The largest absolute Gasteiger partial charge is 0.464 e. The lowest BCUT2D eigenvalue weighted by molar-refractivity contribution is -0.136. The number of nitrogens with one attached hydrogen (secondary N) is 1. The molecule has 0 fully saturated rings. The number of ketones is 2. The average molecular weight is 424 g/mol. The molecule has 4 rings (SSSR count). The van der Waals surface area contributed by atoms with Gasteiger partial charge in [-0.2, -0.15) is 5.10 Å². The molecule has 158 valence electrons. The van der Waals surface area contributed by atoms with Crippen molar-refractivity contribution in [1.29, 1.82) is 0 Å². The van der Waals surface area contributed by atoms with Crippen molar-refractivity contribution in [2.75, 3.05) is 7.11 Å². The van der Waals surface area contributed by atoms with E-state index in [1.54, 1.807) is 24.3 Å². The standard InChI is InChI=1S/C26H20N2O4/c1-16(29)17-11-13-18(14-12-17)24(30)15-23(26(31)32-2)27-28-25-21-9-5-3-7-19(21)20-8-4-6-10-22(20)25/h3-15,27H,1-2H3/b23-15-. The first kappa shape index (κ1) is 20.9. The van der Waals surface area contributed by atoms with Crippen molar-refractivity contribution >= 4 is 23.2 Å². The summed E-state index contributed by atoms with van der Waals surface area (Å²) in [5.41, 5.74) is 8.09. The summed E-state index contributed by atoms with van der Waals surface area (Å²) < 4.78 is 4.82. The molecule has 0 heterocycles. The highest BCUT2D eigenvalue weighted by Crippen LogP contribution is 2.36. The van der Waals surface area contributed by atoms with Crippen LogP contribution >= 0.6 is 0 Å². The Kier molecular flexibility index (Phi) is 5.77. The predicted molar refractivity (Wildman–Crippen MR) is 122 cm³/mol. The lowest BCUT2D eigenvalue weighted by Crippen LogP contribution is -2.20. The summed E-state index contributed by atoms with van der Waals surface area (Å²) in [6, 6.07) is 21.9. The molecule has 6 nitrogen and oxygen atoms in total. The van der Waals surface area contributed by atoms with Crippen molar-refractivity contribution in [2.45, 2.75) is 6.92 Å². The molecule has 3 aromatic carbocycles. The molecule has 0 saturated heterocycles. The number of allylic oxidation sites excluding steroid dienone is 1. The first-order valence-electron chi connectivity index (χ1n) is 9.98. The van der Waals surface area contributed by atoms with E-state index in [2.05, 4.69) is 10.5 Å². The van der Waals surface area contributed by atoms with Crippen molar-refractivity contribution in [3.63, 3.8) is 0 Å². The summed E-state index contributed by atoms with van der Waals surface area (Å²) in [4.78, 5) is 36.4. The summed E-state index contributed by atoms with van der Waals surface area (Å²) in [6.45, 7) is 1.45. The van der Waals surface area contributed by atoms with Crippen LogP contribution in [0.15, 0.2) is 89.7 Å². The topological polar surface area (TPSA) is 84.8 Å². The van der Waals surface area contributed by atoms with Gasteiger partial charge in [-0.3, -0.25) is 15.0 Å². The second-order valence-corrected chi connectivity index (χ2v) is 7.21. The lowest BCUT2D eigenvalue weighted by Gasteiger charge is -2.07. The van der Waals surface area contributed by atoms with Gasteiger partial charge in [-0.25, -0.2) is 4.79 Å². The predicted octanol–water partition coefficient (Wildman–Crippen LogP) is 4.15. The minimum Gasteiger partial charge on any atom is -0.464 e. The van der Waals surface area contributed by atoms with Crippen LogP contribution in [0.4, 0.5) is 0 Å². The first-order chi connectivity index (χ1) is 15.5. The van der Waals surface area contributed by atoms with Crippen LogP contribution in [0.2, 0.25) is 0 Å². The van der Waals surface area contributed by atoms with Gasteiger partial charge in [-0.05, 0) is 18.1 Å². The minimum absolute atomic E-state index is 0.0931. The van der Waals surface area contributed by atoms with Crippen molar-refractivity contribution in [3.8, 4) is 11.1 Å². The number of carbonyl (C=O) groups excluding carboxylic acids is 3. The number of benzene rings is 3. The number of hydrazone groups is 1. The third-order valence-electron chi connectivity index (χ3n) is 5.20. The Morgan fingerprint density at radius 2 is 1.28 bits per heavy atom. The molecule has 6 heteroatoms. The summed E-state index contributed by atoms with van der Waals surface area (Å²) in [5.74, 6) is -1.23. The van der Waals surface area contributed by atoms with Crippen molar-refractivity contribution in [3.05, 3.63) is 107 Å². The highest BCUT2D eigenvalue weighted by molar-refractivity contribution is 6.24. The fourth-order valence-electron chi connectivity index (χ4n) is 3.56. The first-order valence-corrected chi connectivity index (χ1v) is 9.98. The van der Waals surface area contributed by atoms with Gasteiger partial charge in [0.15, 0.2) is 11.6 Å². The van der Waals surface area contributed by atoms with Gasteiger partial charge >= 0.3 is 5.97 Å². The third-order valence-corrected chi connectivity index (χ3v) is 5.20. The number of rotatable bonds is 6. The Bertz CT molecular complexity index is 1240. The van der Waals surface area contributed by atoms with Gasteiger partial charge in [0, 0.05) is 28.3 Å². The van der Waals surface area contributed by atoms with E-state index in [1.807, 2.05) is 48.5 Å². The van der Waals surface area contributed by atoms with Crippen LogP contribution in [0, 0.1) is 0 Å². The Balaban J connectivity index is 1.67. The van der Waals surface area contributed by atoms with E-state index in [4.69, 9.17) is 4.74 Å². The van der Waals surface area contributed by atoms with Gasteiger partial charge in [-0.1, -0.05) is 72.8 Å². The molecule has 0 bridgehead atoms. The number of hydrogen-bond acceptors (Lipinski definition) is 6. The van der Waals surface area contributed by atoms with E-state index in [0.717, 1.165) is 28.3 Å². The van der Waals surface area contributed by atoms with Gasteiger partial charge in [-0.15, -0.1) is 0 Å². The molecule has 0 aliphatic heterocycles. The van der Waals surface area contributed by atoms with Crippen LogP contribution in [-0.4, -0.2) is 30.4 Å². The number of methoxy groups -OCH3 is 1. The number of esters is 1. The molecule has 0 radical (unpaired) electrons. The van der Waals surface area contributed by atoms with Crippen molar-refractivity contribution < 1.29 is 19.1 Å². The molecule has 1 N–H and O–H groups in total. The zero-order valence-electron chi connectivity index (χ0n) is 17.6. The maximum atomic E-state index is 12.7. The number of fused-ring (bicyclic) bond motifs is 3. The van der Waals surface area contributed by atoms with E-state index in [9.17, 15) is 14.4 Å². The molecule has 0 atom stereocenters. The Morgan fingerprint density at radius 3 is 1.78 bits per heavy atom. The molecule has 0 unspecified atom stereocenters. The van der Waals surface area contributed by atoms with Crippen molar-refractivity contribution in [2.24, 2.45) is 5.10 Å². The zero-order chi connectivity index (χ0) is 22.7. The van der Waals surface area contributed by atoms with E-state index in [0.29, 0.717) is 16.8 Å². The Labute approximate surface area is 185 Å². The maximum Gasteiger partial charge on any atom is 0.356 e. The van der Waals surface area contributed by atoms with Crippen LogP contribution in [0.5, 0.6) is 0 Å². The summed E-state index contributed by atoms with van der Waals surface area (Å²) in [5, 5.41) is 4.46. The molecular formula is C26H20N2O4. The van der Waals surface area contributed by atoms with Gasteiger partial charge < -0.3 is 4.74 Å². The Hall–Kier alpha value is -4.32. The molecule has 3 aromatic rings. The summed E-state index contributed by atoms with van der Waals surface area (Å²) in [7, 11) is 1.23. The second kappa shape index (κ2) is 8.81. The molecule has 1 aliphatic rings.